The summed E-state index contributed by atoms with van der Waals surface area (Å²) >= 11 is 12.3. The average Bonchev–Trinajstić information content (AvgIpc) is 3.64. The van der Waals surface area contributed by atoms with E-state index in [0.29, 0.717) is 34.4 Å². The van der Waals surface area contributed by atoms with Gasteiger partial charge in [-0.25, -0.2) is 31.2 Å². The molecule has 2 N–H and O–H groups in total. The Balaban J connectivity index is 1.15. The van der Waals surface area contributed by atoms with Gasteiger partial charge in [0.2, 0.25) is 20.0 Å². The van der Waals surface area contributed by atoms with E-state index < -0.39 is 25.6 Å². The highest BCUT2D eigenvalue weighted by Gasteiger charge is 2.32. The van der Waals surface area contributed by atoms with Crippen molar-refractivity contribution in [1.29, 1.82) is 0 Å². The van der Waals surface area contributed by atoms with Crippen molar-refractivity contribution < 1.29 is 16.8 Å². The summed E-state index contributed by atoms with van der Waals surface area (Å²) in [5, 5.41) is 9.02. The Labute approximate surface area is 258 Å². The third-order valence-corrected chi connectivity index (χ3v) is 12.1. The summed E-state index contributed by atoms with van der Waals surface area (Å²) in [4.78, 5) is 20.3. The van der Waals surface area contributed by atoms with E-state index in [4.69, 9.17) is 23.2 Å². The van der Waals surface area contributed by atoms with Gasteiger partial charge in [-0.15, -0.1) is 5.10 Å². The Bertz CT molecular complexity index is 1930. The molecule has 3 heterocycles. The molecule has 2 aromatic heterocycles. The fourth-order valence-electron chi connectivity index (χ4n) is 5.63. The monoisotopic (exact) mass is 665 g/mol. The Kier molecular flexibility index (Phi) is 8.35. The molecule has 1 aliphatic heterocycles. The van der Waals surface area contributed by atoms with Crippen LogP contribution >= 0.6 is 23.2 Å². The number of aromatic amines is 1. The van der Waals surface area contributed by atoms with Crippen LogP contribution in [0.4, 0.5) is 0 Å². The van der Waals surface area contributed by atoms with E-state index >= 15 is 0 Å². The summed E-state index contributed by atoms with van der Waals surface area (Å²) < 4.78 is 57.8. The highest BCUT2D eigenvalue weighted by molar-refractivity contribution is 7.89. The van der Waals surface area contributed by atoms with Crippen molar-refractivity contribution in [2.45, 2.75) is 66.8 Å². The molecule has 0 radical (unpaired) electrons. The van der Waals surface area contributed by atoms with E-state index in [9.17, 15) is 21.6 Å². The van der Waals surface area contributed by atoms with Gasteiger partial charge in [-0.3, -0.25) is 4.79 Å². The van der Waals surface area contributed by atoms with Gasteiger partial charge in [-0.2, -0.15) is 4.31 Å². The molecule has 2 aliphatic rings. The first-order valence-electron chi connectivity index (χ1n) is 13.9. The molecule has 1 saturated carbocycles. The fourth-order valence-corrected chi connectivity index (χ4v) is 8.88. The third-order valence-electron chi connectivity index (χ3n) is 8.02. The summed E-state index contributed by atoms with van der Waals surface area (Å²) in [5.41, 5.74) is 0.701. The number of hydrogen-bond donors (Lipinski definition) is 2. The van der Waals surface area contributed by atoms with Crippen LogP contribution < -0.4 is 10.3 Å². The first kappa shape index (κ1) is 30.2. The highest BCUT2D eigenvalue weighted by Crippen LogP contribution is 2.30. The summed E-state index contributed by atoms with van der Waals surface area (Å²) in [6, 6.07) is 10.3. The minimum Gasteiger partial charge on any atom is -0.308 e. The predicted octanol–water partition coefficient (Wildman–Crippen LogP) is 3.66. The Hall–Kier alpha value is -2.88. The van der Waals surface area contributed by atoms with E-state index in [1.54, 1.807) is 18.2 Å². The van der Waals surface area contributed by atoms with Gasteiger partial charge < -0.3 is 4.98 Å². The van der Waals surface area contributed by atoms with Gasteiger partial charge in [0.1, 0.15) is 5.82 Å². The molecular formula is C27H29Cl2N7O5S2. The second kappa shape index (κ2) is 11.9. The molecule has 0 unspecified atom stereocenters. The average molecular weight is 667 g/mol. The minimum atomic E-state index is -3.85. The predicted molar refractivity (Wildman–Crippen MR) is 161 cm³/mol. The lowest BCUT2D eigenvalue weighted by Gasteiger charge is -2.30. The number of rotatable bonds is 8. The molecule has 16 heteroatoms. The van der Waals surface area contributed by atoms with Crippen LogP contribution in [0.15, 0.2) is 57.1 Å². The number of benzene rings is 2. The number of aromatic nitrogens is 5. The van der Waals surface area contributed by atoms with Gasteiger partial charge in [0.15, 0.2) is 11.2 Å². The molecule has 2 aromatic carbocycles. The topological polar surface area (TPSA) is 160 Å². The minimum absolute atomic E-state index is 0.0227. The van der Waals surface area contributed by atoms with Crippen LogP contribution in [0.1, 0.15) is 55.8 Å². The van der Waals surface area contributed by atoms with Gasteiger partial charge in [0, 0.05) is 35.1 Å². The zero-order chi connectivity index (χ0) is 30.4. The molecule has 228 valence electrons. The van der Waals surface area contributed by atoms with Gasteiger partial charge in [-0.1, -0.05) is 47.3 Å². The quantitative estimate of drug-likeness (QED) is 0.288. The van der Waals surface area contributed by atoms with Crippen LogP contribution in [0.3, 0.4) is 0 Å². The smallest absolute Gasteiger partial charge is 0.281 e. The zero-order valence-corrected chi connectivity index (χ0v) is 26.1. The molecule has 2 fully saturated rings. The number of halogens is 2. The number of hydrogen-bond acceptors (Lipinski definition) is 8. The lowest BCUT2D eigenvalue weighted by atomic mass is 9.97. The summed E-state index contributed by atoms with van der Waals surface area (Å²) in [7, 11) is -7.58. The maximum atomic E-state index is 13.4. The lowest BCUT2D eigenvalue weighted by molar-refractivity contribution is 0.313. The van der Waals surface area contributed by atoms with E-state index in [1.807, 2.05) is 0 Å². The number of H-pyrrole nitrogens is 1. The molecule has 0 bridgehead atoms. The highest BCUT2D eigenvalue weighted by atomic mass is 35.5. The largest absolute Gasteiger partial charge is 0.308 e. The van der Waals surface area contributed by atoms with E-state index in [2.05, 4.69) is 25.0 Å². The Morgan fingerprint density at radius 1 is 0.930 bits per heavy atom. The molecule has 4 aromatic rings. The summed E-state index contributed by atoms with van der Waals surface area (Å²) in [6.45, 7) is 0.641. The molecule has 1 aliphatic carbocycles. The van der Waals surface area contributed by atoms with Crippen LogP contribution in [-0.4, -0.2) is 65.2 Å². The second-order valence-electron chi connectivity index (χ2n) is 10.9. The van der Waals surface area contributed by atoms with Gasteiger partial charge in [0.25, 0.3) is 5.56 Å². The van der Waals surface area contributed by atoms with Crippen LogP contribution in [-0.2, 0) is 26.6 Å². The number of nitrogens with zero attached hydrogens (tertiary/aromatic N) is 5. The van der Waals surface area contributed by atoms with Crippen molar-refractivity contribution in [2.75, 3.05) is 13.1 Å². The van der Waals surface area contributed by atoms with Gasteiger partial charge in [-0.05, 0) is 67.6 Å². The molecule has 43 heavy (non-hydrogen) atoms. The number of sulfonamides is 2. The fraction of sp³-hybridized carbons (Fsp3) is 0.407. The number of piperidine rings is 1. The van der Waals surface area contributed by atoms with Crippen LogP contribution in [0.25, 0.3) is 11.2 Å². The molecule has 0 atom stereocenters. The number of nitrogens with one attached hydrogen (secondary N) is 2. The van der Waals surface area contributed by atoms with E-state index in [0.717, 1.165) is 31.2 Å². The van der Waals surface area contributed by atoms with Crippen molar-refractivity contribution in [2.24, 2.45) is 0 Å². The first-order valence-corrected chi connectivity index (χ1v) is 17.6. The maximum absolute atomic E-state index is 13.4. The molecule has 1 saturated heterocycles. The van der Waals surface area contributed by atoms with Crippen molar-refractivity contribution in [3.63, 3.8) is 0 Å². The van der Waals surface area contributed by atoms with Crippen molar-refractivity contribution in [3.05, 3.63) is 74.3 Å². The Morgan fingerprint density at radius 3 is 2.28 bits per heavy atom. The van der Waals surface area contributed by atoms with E-state index in [-0.39, 0.29) is 46.9 Å². The SMILES string of the molecule is O=c1[nH]c(C2CCN(S(=O)(=O)c3ccc(S(=O)(=O)NC4CCCC4)cc3)CC2)nc2c1nnn2Cc1ccc(Cl)cc1Cl. The van der Waals surface area contributed by atoms with Crippen molar-refractivity contribution >= 4 is 54.4 Å². The maximum Gasteiger partial charge on any atom is 0.281 e. The first-order chi connectivity index (χ1) is 20.5. The molecule has 6 rings (SSSR count). The normalized spacial score (nSPS) is 17.6. The van der Waals surface area contributed by atoms with Crippen LogP contribution in [0.5, 0.6) is 0 Å². The lowest BCUT2D eigenvalue weighted by Crippen LogP contribution is -2.38. The summed E-state index contributed by atoms with van der Waals surface area (Å²) in [5.74, 6) is 0.241. The standard InChI is InChI=1S/C27H29Cl2N7O5S2/c28-19-6-5-18(23(29)15-19)16-36-26-24(32-34-36)27(37)31-25(30-26)17-11-13-35(14-12-17)43(40,41)22-9-7-21(8-10-22)42(38,39)33-20-3-1-2-4-20/h5-10,15,17,20,33H,1-4,11-14,16H2,(H,30,31,37). The molecule has 0 amide bonds. The molecular weight excluding hydrogens is 637 g/mol. The van der Waals surface area contributed by atoms with Crippen molar-refractivity contribution in [1.82, 2.24) is 34.0 Å². The Morgan fingerprint density at radius 2 is 1.60 bits per heavy atom. The molecule has 12 nitrogen and oxygen atoms in total. The van der Waals surface area contributed by atoms with Gasteiger partial charge >= 0.3 is 0 Å². The zero-order valence-electron chi connectivity index (χ0n) is 22.9. The van der Waals surface area contributed by atoms with Crippen LogP contribution in [0, 0.1) is 0 Å². The molecule has 0 spiro atoms. The van der Waals surface area contributed by atoms with Crippen molar-refractivity contribution in [3.8, 4) is 0 Å². The number of fused-ring (bicyclic) bond motifs is 1. The second-order valence-corrected chi connectivity index (χ2v) is 15.4. The summed E-state index contributed by atoms with van der Waals surface area (Å²) in [6.07, 6.45) is 4.44. The van der Waals surface area contributed by atoms with Gasteiger partial charge in [0.05, 0.1) is 16.3 Å². The van der Waals surface area contributed by atoms with E-state index in [1.165, 1.54) is 33.3 Å². The van der Waals surface area contributed by atoms with Crippen LogP contribution in [0.2, 0.25) is 10.0 Å². The third kappa shape index (κ3) is 6.22.